The van der Waals surface area contributed by atoms with Crippen molar-refractivity contribution in [3.63, 3.8) is 0 Å². The molecule has 0 amide bonds. The molecule has 0 radical (unpaired) electrons. The van der Waals surface area contributed by atoms with E-state index < -0.39 is 11.7 Å². The molecule has 0 saturated heterocycles. The van der Waals surface area contributed by atoms with Crippen LogP contribution in [0.5, 0.6) is 0 Å². The molecule has 0 aliphatic heterocycles. The predicted octanol–water partition coefficient (Wildman–Crippen LogP) is 2.75. The van der Waals surface area contributed by atoms with E-state index in [0.717, 1.165) is 6.07 Å². The zero-order valence-corrected chi connectivity index (χ0v) is 7.39. The average Bonchev–Trinajstić information content (AvgIpc) is 2.17. The third kappa shape index (κ3) is 2.46. The Kier molecular flexibility index (Phi) is 2.93. The Bertz CT molecular complexity index is 462. The van der Waals surface area contributed by atoms with Gasteiger partial charge in [0.05, 0.1) is 11.6 Å². The van der Waals surface area contributed by atoms with Gasteiger partial charge in [0.15, 0.2) is 0 Å². The van der Waals surface area contributed by atoms with Crippen molar-refractivity contribution in [2.24, 2.45) is 0 Å². The molecule has 0 heterocycles. The van der Waals surface area contributed by atoms with Gasteiger partial charge in [-0.2, -0.15) is 18.4 Å². The molecule has 1 N–H and O–H groups in total. The maximum Gasteiger partial charge on any atom is 0.425 e. The summed E-state index contributed by atoms with van der Waals surface area (Å²) in [5, 5.41) is 15.1. The van der Waals surface area contributed by atoms with Crippen LogP contribution in [0.25, 0.3) is 5.57 Å². The first-order chi connectivity index (χ1) is 6.99. The van der Waals surface area contributed by atoms with Crippen LogP contribution in [0.1, 0.15) is 11.1 Å². The van der Waals surface area contributed by atoms with Gasteiger partial charge in [0.2, 0.25) is 0 Å². The van der Waals surface area contributed by atoms with E-state index in [1.54, 1.807) is 6.07 Å². The molecule has 0 atom stereocenters. The zero-order valence-electron chi connectivity index (χ0n) is 7.39. The average molecular weight is 210 g/mol. The predicted molar refractivity (Wildman–Crippen MR) is 48.3 cm³/mol. The van der Waals surface area contributed by atoms with Crippen molar-refractivity contribution < 1.29 is 13.2 Å². The summed E-state index contributed by atoms with van der Waals surface area (Å²) in [6.45, 7) is 0. The Morgan fingerprint density at radius 3 is 2.47 bits per heavy atom. The number of hydrogen-bond acceptors (Lipinski definition) is 2. The van der Waals surface area contributed by atoms with Gasteiger partial charge < -0.3 is 0 Å². The lowest BCUT2D eigenvalue weighted by atomic mass is 10.0. The molecule has 76 valence electrons. The summed E-state index contributed by atoms with van der Waals surface area (Å²) in [7, 11) is 0. The van der Waals surface area contributed by atoms with Gasteiger partial charge in [-0.1, -0.05) is 12.1 Å². The SMILES string of the molecule is N#Cc1cccc(C(=C=N)C(F)(F)F)c1. The molecule has 0 spiro atoms. The summed E-state index contributed by atoms with van der Waals surface area (Å²) in [5.41, 5.74) is -1.29. The highest BCUT2D eigenvalue weighted by Crippen LogP contribution is 2.31. The summed E-state index contributed by atoms with van der Waals surface area (Å²) >= 11 is 0. The summed E-state index contributed by atoms with van der Waals surface area (Å²) in [6, 6.07) is 6.71. The van der Waals surface area contributed by atoms with E-state index in [4.69, 9.17) is 10.7 Å². The number of rotatable bonds is 1. The van der Waals surface area contributed by atoms with Gasteiger partial charge in [-0.3, -0.25) is 5.41 Å². The fraction of sp³-hybridized carbons (Fsp3) is 0.100. The van der Waals surface area contributed by atoms with Gasteiger partial charge in [0.25, 0.3) is 0 Å². The molecule has 1 aromatic rings. The quantitative estimate of drug-likeness (QED) is 0.712. The molecule has 0 aromatic heterocycles. The molecular formula is C10H5F3N2. The maximum atomic E-state index is 12.3. The minimum Gasteiger partial charge on any atom is -0.258 e. The second-order valence-corrected chi connectivity index (χ2v) is 2.69. The summed E-state index contributed by atoms with van der Waals surface area (Å²) in [6.07, 6.45) is -4.63. The van der Waals surface area contributed by atoms with Crippen molar-refractivity contribution >= 4 is 11.4 Å². The summed E-state index contributed by atoms with van der Waals surface area (Å²) in [5.74, 6) is 1.34. The van der Waals surface area contributed by atoms with Crippen LogP contribution in [-0.2, 0) is 0 Å². The van der Waals surface area contributed by atoms with Crippen molar-refractivity contribution in [2.75, 3.05) is 0 Å². The highest BCUT2D eigenvalue weighted by molar-refractivity contribution is 5.91. The van der Waals surface area contributed by atoms with Crippen LogP contribution in [0.4, 0.5) is 13.2 Å². The normalized spacial score (nSPS) is 10.3. The summed E-state index contributed by atoms with van der Waals surface area (Å²) < 4.78 is 37.0. The van der Waals surface area contributed by atoms with E-state index in [0.29, 0.717) is 0 Å². The summed E-state index contributed by atoms with van der Waals surface area (Å²) in [4.78, 5) is 0. The molecule has 0 aliphatic rings. The lowest BCUT2D eigenvalue weighted by molar-refractivity contribution is -0.0679. The van der Waals surface area contributed by atoms with Crippen LogP contribution >= 0.6 is 0 Å². The highest BCUT2D eigenvalue weighted by atomic mass is 19.4. The highest BCUT2D eigenvalue weighted by Gasteiger charge is 2.35. The third-order valence-electron chi connectivity index (χ3n) is 1.69. The fourth-order valence-corrected chi connectivity index (χ4v) is 1.05. The van der Waals surface area contributed by atoms with Crippen molar-refractivity contribution in [1.82, 2.24) is 0 Å². The first-order valence-electron chi connectivity index (χ1n) is 3.86. The van der Waals surface area contributed by atoms with Crippen LogP contribution in [0.2, 0.25) is 0 Å². The number of alkyl halides is 3. The number of benzene rings is 1. The zero-order chi connectivity index (χ0) is 11.5. The molecule has 0 aliphatic carbocycles. The van der Waals surface area contributed by atoms with Gasteiger partial charge in [0.1, 0.15) is 5.57 Å². The topological polar surface area (TPSA) is 47.6 Å². The standard InChI is InChI=1S/C10H5F3N2/c11-10(12,13)9(6-15)8-3-1-2-7(4-8)5-14/h1-4,15H. The molecule has 0 unspecified atom stereocenters. The van der Waals surface area contributed by atoms with Crippen LogP contribution in [0.15, 0.2) is 24.3 Å². The van der Waals surface area contributed by atoms with Gasteiger partial charge in [-0.05, 0) is 23.6 Å². The molecule has 1 rings (SSSR count). The van der Waals surface area contributed by atoms with Gasteiger partial charge in [-0.25, -0.2) is 0 Å². The second-order valence-electron chi connectivity index (χ2n) is 2.69. The Morgan fingerprint density at radius 1 is 1.33 bits per heavy atom. The fourth-order valence-electron chi connectivity index (χ4n) is 1.05. The monoisotopic (exact) mass is 210 g/mol. The van der Waals surface area contributed by atoms with E-state index in [2.05, 4.69) is 0 Å². The number of halogens is 3. The molecule has 0 bridgehead atoms. The van der Waals surface area contributed by atoms with Crippen molar-refractivity contribution in [3.8, 4) is 6.07 Å². The molecule has 1 aromatic carbocycles. The molecule has 0 fully saturated rings. The largest absolute Gasteiger partial charge is 0.425 e. The number of nitrogens with one attached hydrogen (secondary N) is 1. The molecule has 2 nitrogen and oxygen atoms in total. The van der Waals surface area contributed by atoms with Crippen LogP contribution in [-0.4, -0.2) is 12.0 Å². The molecule has 0 saturated carbocycles. The van der Waals surface area contributed by atoms with E-state index in [1.165, 1.54) is 24.1 Å². The Labute approximate surface area is 83.8 Å². The smallest absolute Gasteiger partial charge is 0.258 e. The van der Waals surface area contributed by atoms with E-state index in [9.17, 15) is 13.2 Å². The maximum absolute atomic E-state index is 12.3. The van der Waals surface area contributed by atoms with Gasteiger partial charge in [0, 0.05) is 0 Å². The van der Waals surface area contributed by atoms with Crippen molar-refractivity contribution in [3.05, 3.63) is 35.4 Å². The van der Waals surface area contributed by atoms with Crippen molar-refractivity contribution in [1.29, 1.82) is 10.7 Å². The minimum atomic E-state index is -4.63. The first kappa shape index (κ1) is 11.0. The van der Waals surface area contributed by atoms with E-state index in [1.807, 2.05) is 0 Å². The number of hydrogen-bond donors (Lipinski definition) is 1. The lowest BCUT2D eigenvalue weighted by Crippen LogP contribution is -2.11. The molecular weight excluding hydrogens is 205 g/mol. The van der Waals surface area contributed by atoms with Gasteiger partial charge in [-0.15, -0.1) is 0 Å². The van der Waals surface area contributed by atoms with E-state index >= 15 is 0 Å². The number of nitrogens with zero attached hydrogens (tertiary/aromatic N) is 1. The number of nitriles is 1. The van der Waals surface area contributed by atoms with Gasteiger partial charge >= 0.3 is 6.18 Å². The van der Waals surface area contributed by atoms with Crippen LogP contribution in [0.3, 0.4) is 0 Å². The number of allylic oxidation sites excluding steroid dienone is 1. The minimum absolute atomic E-state index is 0.115. The molecule has 15 heavy (non-hydrogen) atoms. The van der Waals surface area contributed by atoms with E-state index in [-0.39, 0.29) is 11.1 Å². The first-order valence-corrected chi connectivity index (χ1v) is 3.86. The van der Waals surface area contributed by atoms with Crippen LogP contribution in [0, 0.1) is 16.7 Å². The Morgan fingerprint density at radius 2 is 2.00 bits per heavy atom. The Hall–Kier alpha value is -2.05. The Balaban J connectivity index is 3.28. The second kappa shape index (κ2) is 3.99. The molecule has 5 heteroatoms. The third-order valence-corrected chi connectivity index (χ3v) is 1.69. The van der Waals surface area contributed by atoms with Crippen LogP contribution < -0.4 is 0 Å². The van der Waals surface area contributed by atoms with Crippen molar-refractivity contribution in [2.45, 2.75) is 6.18 Å². The lowest BCUT2D eigenvalue weighted by Gasteiger charge is -2.08.